The first-order valence-electron chi connectivity index (χ1n) is 5.46. The zero-order chi connectivity index (χ0) is 14.0. The fourth-order valence-electron chi connectivity index (χ4n) is 1.56. The summed E-state index contributed by atoms with van der Waals surface area (Å²) >= 11 is 3.31. The molecule has 0 aliphatic heterocycles. The van der Waals surface area contributed by atoms with Crippen molar-refractivity contribution in [3.05, 3.63) is 52.5 Å². The van der Waals surface area contributed by atoms with Crippen LogP contribution in [0.2, 0.25) is 0 Å². The molecule has 4 nitrogen and oxygen atoms in total. The summed E-state index contributed by atoms with van der Waals surface area (Å²) in [5.74, 6) is -0.0918. The third kappa shape index (κ3) is 3.27. The van der Waals surface area contributed by atoms with E-state index >= 15 is 0 Å². The van der Waals surface area contributed by atoms with E-state index in [1.807, 2.05) is 19.1 Å². The van der Waals surface area contributed by atoms with Crippen molar-refractivity contribution in [1.82, 2.24) is 0 Å². The molecule has 0 aliphatic carbocycles. The molecule has 0 fully saturated rings. The quantitative estimate of drug-likeness (QED) is 0.900. The first-order valence-corrected chi connectivity index (χ1v) is 7.74. The number of benzene rings is 2. The molecule has 0 bridgehead atoms. The molecule has 0 saturated carbocycles. The summed E-state index contributed by atoms with van der Waals surface area (Å²) in [6.45, 7) is 1.91. The zero-order valence-electron chi connectivity index (χ0n) is 10.1. The maximum atomic E-state index is 12.1. The summed E-state index contributed by atoms with van der Waals surface area (Å²) in [6, 6.07) is 10.8. The lowest BCUT2D eigenvalue weighted by Gasteiger charge is -2.10. The summed E-state index contributed by atoms with van der Waals surface area (Å²) in [5, 5.41) is 9.33. The molecule has 0 heterocycles. The molecule has 0 saturated heterocycles. The molecule has 0 unspecified atom stereocenters. The number of rotatable bonds is 3. The number of aromatic hydroxyl groups is 1. The normalized spacial score (nSPS) is 11.3. The van der Waals surface area contributed by atoms with Crippen LogP contribution >= 0.6 is 15.9 Å². The van der Waals surface area contributed by atoms with Gasteiger partial charge in [-0.3, -0.25) is 4.72 Å². The maximum absolute atomic E-state index is 12.1. The molecule has 2 aromatic carbocycles. The fraction of sp³-hybridized carbons (Fsp3) is 0.0769. The second-order valence-electron chi connectivity index (χ2n) is 4.09. The van der Waals surface area contributed by atoms with Gasteiger partial charge in [-0.15, -0.1) is 0 Å². The molecule has 0 atom stereocenters. The highest BCUT2D eigenvalue weighted by Crippen LogP contribution is 2.26. The Bertz CT molecular complexity index is 714. The summed E-state index contributed by atoms with van der Waals surface area (Å²) in [5.41, 5.74) is 1.47. The Morgan fingerprint density at radius 3 is 2.53 bits per heavy atom. The standard InChI is InChI=1S/C13H12BrNO3S/c1-9-5-6-13(12(14)7-9)15-19(17,18)11-4-2-3-10(16)8-11/h2-8,15-16H,1H3. The highest BCUT2D eigenvalue weighted by atomic mass is 79.9. The van der Waals surface area contributed by atoms with Gasteiger partial charge in [0.25, 0.3) is 10.0 Å². The Hall–Kier alpha value is -1.53. The molecule has 0 spiro atoms. The van der Waals surface area contributed by atoms with Gasteiger partial charge in [-0.2, -0.15) is 0 Å². The maximum Gasteiger partial charge on any atom is 0.262 e. The van der Waals surface area contributed by atoms with Crippen molar-refractivity contribution in [2.75, 3.05) is 4.72 Å². The largest absolute Gasteiger partial charge is 0.508 e. The van der Waals surface area contributed by atoms with Gasteiger partial charge in [-0.05, 0) is 52.7 Å². The number of nitrogens with one attached hydrogen (secondary N) is 1. The van der Waals surface area contributed by atoms with Crippen LogP contribution < -0.4 is 4.72 Å². The molecule has 0 aromatic heterocycles. The van der Waals surface area contributed by atoms with E-state index in [4.69, 9.17) is 0 Å². The predicted molar refractivity (Wildman–Crippen MR) is 77.8 cm³/mol. The van der Waals surface area contributed by atoms with Crippen LogP contribution in [-0.2, 0) is 10.0 Å². The smallest absolute Gasteiger partial charge is 0.262 e. The minimum absolute atomic E-state index is 0.0139. The lowest BCUT2D eigenvalue weighted by molar-refractivity contribution is 0.473. The number of hydrogen-bond acceptors (Lipinski definition) is 3. The van der Waals surface area contributed by atoms with E-state index in [2.05, 4.69) is 20.7 Å². The average Bonchev–Trinajstić information content (AvgIpc) is 2.33. The Balaban J connectivity index is 2.36. The van der Waals surface area contributed by atoms with Crippen molar-refractivity contribution in [2.24, 2.45) is 0 Å². The van der Waals surface area contributed by atoms with Crippen LogP contribution in [0.15, 0.2) is 51.8 Å². The van der Waals surface area contributed by atoms with Gasteiger partial charge in [-0.25, -0.2) is 8.42 Å². The Morgan fingerprint density at radius 2 is 1.89 bits per heavy atom. The number of halogens is 1. The molecule has 19 heavy (non-hydrogen) atoms. The van der Waals surface area contributed by atoms with Gasteiger partial charge >= 0.3 is 0 Å². The van der Waals surface area contributed by atoms with Crippen LogP contribution in [-0.4, -0.2) is 13.5 Å². The van der Waals surface area contributed by atoms with Crippen molar-refractivity contribution >= 4 is 31.6 Å². The molecular formula is C13H12BrNO3S. The number of phenols is 1. The third-order valence-corrected chi connectivity index (χ3v) is 4.52. The molecule has 2 N–H and O–H groups in total. The van der Waals surface area contributed by atoms with Crippen molar-refractivity contribution in [3.63, 3.8) is 0 Å². The Kier molecular flexibility index (Phi) is 3.82. The fourth-order valence-corrected chi connectivity index (χ4v) is 3.40. The lowest BCUT2D eigenvalue weighted by atomic mass is 10.2. The van der Waals surface area contributed by atoms with E-state index in [1.54, 1.807) is 6.07 Å². The van der Waals surface area contributed by atoms with Gasteiger partial charge in [0.05, 0.1) is 10.6 Å². The topological polar surface area (TPSA) is 66.4 Å². The van der Waals surface area contributed by atoms with Crippen LogP contribution in [0.1, 0.15) is 5.56 Å². The highest BCUT2D eigenvalue weighted by Gasteiger charge is 2.15. The number of hydrogen-bond donors (Lipinski definition) is 2. The zero-order valence-corrected chi connectivity index (χ0v) is 12.5. The van der Waals surface area contributed by atoms with E-state index in [0.29, 0.717) is 10.2 Å². The Labute approximate surface area is 120 Å². The lowest BCUT2D eigenvalue weighted by Crippen LogP contribution is -2.13. The molecular weight excluding hydrogens is 330 g/mol. The monoisotopic (exact) mass is 341 g/mol. The van der Waals surface area contributed by atoms with Gasteiger partial charge in [0.2, 0.25) is 0 Å². The molecule has 6 heteroatoms. The van der Waals surface area contributed by atoms with Gasteiger partial charge < -0.3 is 5.11 Å². The van der Waals surface area contributed by atoms with E-state index in [9.17, 15) is 13.5 Å². The van der Waals surface area contributed by atoms with Crippen molar-refractivity contribution in [2.45, 2.75) is 11.8 Å². The van der Waals surface area contributed by atoms with Gasteiger partial charge in [-0.1, -0.05) is 12.1 Å². The first-order chi connectivity index (χ1) is 8.88. The summed E-state index contributed by atoms with van der Waals surface area (Å²) in [6.07, 6.45) is 0. The minimum atomic E-state index is -3.71. The second kappa shape index (κ2) is 5.22. The van der Waals surface area contributed by atoms with Crippen LogP contribution in [0.3, 0.4) is 0 Å². The summed E-state index contributed by atoms with van der Waals surface area (Å²) in [7, 11) is -3.71. The minimum Gasteiger partial charge on any atom is -0.508 e. The van der Waals surface area contributed by atoms with E-state index < -0.39 is 10.0 Å². The van der Waals surface area contributed by atoms with E-state index in [1.165, 1.54) is 24.3 Å². The van der Waals surface area contributed by atoms with Gasteiger partial charge in [0, 0.05) is 10.5 Å². The van der Waals surface area contributed by atoms with Crippen LogP contribution in [0.4, 0.5) is 5.69 Å². The number of anilines is 1. The third-order valence-electron chi connectivity index (χ3n) is 2.50. The van der Waals surface area contributed by atoms with Crippen LogP contribution in [0.25, 0.3) is 0 Å². The predicted octanol–water partition coefficient (Wildman–Crippen LogP) is 3.26. The van der Waals surface area contributed by atoms with Crippen molar-refractivity contribution < 1.29 is 13.5 Å². The summed E-state index contributed by atoms with van der Waals surface area (Å²) < 4.78 is 27.4. The van der Waals surface area contributed by atoms with E-state index in [-0.39, 0.29) is 10.6 Å². The van der Waals surface area contributed by atoms with Crippen molar-refractivity contribution in [1.29, 1.82) is 0 Å². The van der Waals surface area contributed by atoms with Crippen LogP contribution in [0, 0.1) is 6.92 Å². The number of sulfonamides is 1. The molecule has 2 aromatic rings. The Morgan fingerprint density at radius 1 is 1.16 bits per heavy atom. The van der Waals surface area contributed by atoms with Crippen LogP contribution in [0.5, 0.6) is 5.75 Å². The number of phenolic OH excluding ortho intramolecular Hbond substituents is 1. The van der Waals surface area contributed by atoms with Gasteiger partial charge in [0.15, 0.2) is 0 Å². The molecule has 0 radical (unpaired) electrons. The number of aryl methyl sites for hydroxylation is 1. The summed E-state index contributed by atoms with van der Waals surface area (Å²) in [4.78, 5) is 0.0139. The van der Waals surface area contributed by atoms with Crippen molar-refractivity contribution in [3.8, 4) is 5.75 Å². The first kappa shape index (κ1) is 13.9. The SMILES string of the molecule is Cc1ccc(NS(=O)(=O)c2cccc(O)c2)c(Br)c1. The molecule has 0 amide bonds. The second-order valence-corrected chi connectivity index (χ2v) is 6.62. The molecule has 100 valence electrons. The highest BCUT2D eigenvalue weighted by molar-refractivity contribution is 9.10. The molecule has 0 aliphatic rings. The van der Waals surface area contributed by atoms with E-state index in [0.717, 1.165) is 5.56 Å². The molecule has 2 rings (SSSR count). The average molecular weight is 342 g/mol. The van der Waals surface area contributed by atoms with Gasteiger partial charge in [0.1, 0.15) is 5.75 Å².